The van der Waals surface area contributed by atoms with Crippen molar-refractivity contribution in [3.8, 4) is 0 Å². The highest BCUT2D eigenvalue weighted by atomic mass is 32.2. The summed E-state index contributed by atoms with van der Waals surface area (Å²) in [4.78, 5) is 12.3. The van der Waals surface area contributed by atoms with E-state index in [4.69, 9.17) is 5.14 Å². The number of nitrogens with two attached hydrogens (primary N) is 1. The first-order valence-corrected chi connectivity index (χ1v) is 8.05. The van der Waals surface area contributed by atoms with E-state index in [1.165, 1.54) is 12.1 Å². The molecule has 116 valence electrons. The highest BCUT2D eigenvalue weighted by Gasteiger charge is 2.27. The van der Waals surface area contributed by atoms with Crippen LogP contribution >= 0.6 is 0 Å². The van der Waals surface area contributed by atoms with E-state index in [1.807, 2.05) is 18.7 Å². The van der Waals surface area contributed by atoms with Crippen molar-refractivity contribution >= 4 is 21.4 Å². The van der Waals surface area contributed by atoms with Crippen LogP contribution in [0.4, 0.5) is 11.4 Å². The molecule has 0 saturated carbocycles. The minimum Gasteiger partial charge on any atom is -0.363 e. The third-order valence-electron chi connectivity index (χ3n) is 3.37. The number of anilines is 1. The lowest BCUT2D eigenvalue weighted by Gasteiger charge is -2.37. The summed E-state index contributed by atoms with van der Waals surface area (Å²) < 4.78 is 22.7. The number of sulfonamides is 1. The quantitative estimate of drug-likeness (QED) is 0.617. The molecule has 1 aromatic rings. The summed E-state index contributed by atoms with van der Waals surface area (Å²) in [5.74, 6) is 0. The van der Waals surface area contributed by atoms with Crippen LogP contribution in [0.2, 0.25) is 0 Å². The molecular weight excluding hydrogens is 296 g/mol. The van der Waals surface area contributed by atoms with Crippen molar-refractivity contribution in [1.29, 1.82) is 0 Å². The maximum Gasteiger partial charge on any atom is 0.293 e. The van der Waals surface area contributed by atoms with Gasteiger partial charge in [-0.1, -0.05) is 0 Å². The zero-order valence-electron chi connectivity index (χ0n) is 11.8. The van der Waals surface area contributed by atoms with Gasteiger partial charge in [0.1, 0.15) is 5.69 Å². The lowest BCUT2D eigenvalue weighted by molar-refractivity contribution is -0.384. The molecule has 1 aliphatic heterocycles. The first-order valence-electron chi connectivity index (χ1n) is 6.50. The molecule has 1 saturated heterocycles. The molecule has 2 unspecified atom stereocenters. The van der Waals surface area contributed by atoms with Crippen LogP contribution in [0, 0.1) is 10.1 Å². The molecule has 21 heavy (non-hydrogen) atoms. The van der Waals surface area contributed by atoms with Crippen molar-refractivity contribution in [3.63, 3.8) is 0 Å². The van der Waals surface area contributed by atoms with Gasteiger partial charge in [-0.05, 0) is 26.0 Å². The predicted octanol–water partition coefficient (Wildman–Crippen LogP) is 0.429. The number of primary sulfonamides is 1. The topological polar surface area (TPSA) is 119 Å². The van der Waals surface area contributed by atoms with Crippen molar-refractivity contribution in [3.05, 3.63) is 28.3 Å². The second-order valence-electron chi connectivity index (χ2n) is 5.33. The zero-order valence-corrected chi connectivity index (χ0v) is 12.6. The van der Waals surface area contributed by atoms with Crippen LogP contribution in [-0.4, -0.2) is 38.5 Å². The Morgan fingerprint density at radius 3 is 2.38 bits per heavy atom. The highest BCUT2D eigenvalue weighted by molar-refractivity contribution is 7.89. The van der Waals surface area contributed by atoms with Gasteiger partial charge in [-0.15, -0.1) is 0 Å². The molecule has 3 N–H and O–H groups in total. The Morgan fingerprint density at radius 1 is 1.33 bits per heavy atom. The van der Waals surface area contributed by atoms with E-state index in [0.29, 0.717) is 18.8 Å². The first-order chi connectivity index (χ1) is 9.68. The second kappa shape index (κ2) is 5.58. The molecule has 0 amide bonds. The van der Waals surface area contributed by atoms with Gasteiger partial charge < -0.3 is 10.2 Å². The monoisotopic (exact) mass is 314 g/mol. The maximum absolute atomic E-state index is 11.3. The molecule has 0 radical (unpaired) electrons. The van der Waals surface area contributed by atoms with E-state index in [9.17, 15) is 18.5 Å². The fourth-order valence-corrected chi connectivity index (χ4v) is 3.15. The smallest absolute Gasteiger partial charge is 0.293 e. The number of rotatable bonds is 3. The standard InChI is InChI=1S/C12H18N4O4S/c1-8-6-15(7-9(2)14-8)11-4-3-10(21(13,19)20)5-12(11)16(17)18/h3-5,8-9,14H,6-7H2,1-2H3,(H2,13,19,20). The number of nitrogens with zero attached hydrogens (tertiary/aromatic N) is 2. The van der Waals surface area contributed by atoms with E-state index in [2.05, 4.69) is 5.32 Å². The molecule has 1 aliphatic rings. The Kier molecular flexibility index (Phi) is 4.17. The van der Waals surface area contributed by atoms with Gasteiger partial charge in [-0.2, -0.15) is 0 Å². The van der Waals surface area contributed by atoms with Gasteiger partial charge in [0.25, 0.3) is 5.69 Å². The molecule has 1 heterocycles. The fraction of sp³-hybridized carbons (Fsp3) is 0.500. The van der Waals surface area contributed by atoms with E-state index in [-0.39, 0.29) is 22.7 Å². The summed E-state index contributed by atoms with van der Waals surface area (Å²) in [7, 11) is -3.96. The Morgan fingerprint density at radius 2 is 1.90 bits per heavy atom. The number of hydrogen-bond donors (Lipinski definition) is 2. The summed E-state index contributed by atoms with van der Waals surface area (Å²) in [6.07, 6.45) is 0. The average Bonchev–Trinajstić information content (AvgIpc) is 2.35. The van der Waals surface area contributed by atoms with Gasteiger partial charge in [-0.25, -0.2) is 13.6 Å². The van der Waals surface area contributed by atoms with Crippen LogP contribution in [0.1, 0.15) is 13.8 Å². The Bertz CT molecular complexity index is 651. The second-order valence-corrected chi connectivity index (χ2v) is 6.89. The summed E-state index contributed by atoms with van der Waals surface area (Å²) in [5.41, 5.74) is 0.162. The largest absolute Gasteiger partial charge is 0.363 e. The first kappa shape index (κ1) is 15.7. The number of nitrogens with one attached hydrogen (secondary N) is 1. The van der Waals surface area contributed by atoms with Crippen molar-refractivity contribution < 1.29 is 13.3 Å². The molecule has 1 aromatic carbocycles. The Balaban J connectivity index is 2.46. The molecule has 2 atom stereocenters. The molecule has 0 bridgehead atoms. The number of nitro benzene ring substituents is 1. The van der Waals surface area contributed by atoms with Gasteiger partial charge in [0.15, 0.2) is 0 Å². The van der Waals surface area contributed by atoms with Crippen molar-refractivity contribution in [2.75, 3.05) is 18.0 Å². The average molecular weight is 314 g/mol. The van der Waals surface area contributed by atoms with E-state index in [1.54, 1.807) is 0 Å². The predicted molar refractivity (Wildman–Crippen MR) is 78.7 cm³/mol. The van der Waals surface area contributed by atoms with Crippen LogP contribution in [-0.2, 0) is 10.0 Å². The zero-order chi connectivity index (χ0) is 15.8. The Labute approximate surface area is 123 Å². The molecule has 0 aliphatic carbocycles. The number of benzene rings is 1. The minimum absolute atomic E-state index is 0.186. The fourth-order valence-electron chi connectivity index (χ4n) is 2.62. The third-order valence-corrected chi connectivity index (χ3v) is 4.28. The molecule has 2 rings (SSSR count). The van der Waals surface area contributed by atoms with E-state index < -0.39 is 14.9 Å². The molecule has 8 nitrogen and oxygen atoms in total. The van der Waals surface area contributed by atoms with Crippen LogP contribution < -0.4 is 15.4 Å². The highest BCUT2D eigenvalue weighted by Crippen LogP contribution is 2.31. The number of hydrogen-bond acceptors (Lipinski definition) is 6. The number of nitro groups is 1. The van der Waals surface area contributed by atoms with Gasteiger partial charge in [0.05, 0.1) is 9.82 Å². The summed E-state index contributed by atoms with van der Waals surface area (Å²) >= 11 is 0. The number of piperazine rings is 1. The van der Waals surface area contributed by atoms with Crippen LogP contribution in [0.25, 0.3) is 0 Å². The van der Waals surface area contributed by atoms with E-state index >= 15 is 0 Å². The lowest BCUT2D eigenvalue weighted by atomic mass is 10.1. The van der Waals surface area contributed by atoms with Gasteiger partial charge in [0, 0.05) is 31.2 Å². The van der Waals surface area contributed by atoms with Crippen molar-refractivity contribution in [1.82, 2.24) is 5.32 Å². The van der Waals surface area contributed by atoms with E-state index in [0.717, 1.165) is 6.07 Å². The van der Waals surface area contributed by atoms with Gasteiger partial charge in [0.2, 0.25) is 10.0 Å². The minimum atomic E-state index is -3.96. The lowest BCUT2D eigenvalue weighted by Crippen LogP contribution is -2.54. The van der Waals surface area contributed by atoms with Crippen molar-refractivity contribution in [2.24, 2.45) is 5.14 Å². The summed E-state index contributed by atoms with van der Waals surface area (Å²) in [6, 6.07) is 4.14. The molecule has 9 heteroatoms. The van der Waals surface area contributed by atoms with Gasteiger partial charge >= 0.3 is 0 Å². The normalized spacial score (nSPS) is 23.1. The summed E-state index contributed by atoms with van der Waals surface area (Å²) in [6.45, 7) is 5.21. The SMILES string of the molecule is CC1CN(c2ccc(S(N)(=O)=O)cc2[N+](=O)[O-])CC(C)N1. The van der Waals surface area contributed by atoms with Gasteiger partial charge in [-0.3, -0.25) is 10.1 Å². The van der Waals surface area contributed by atoms with Crippen molar-refractivity contribution in [2.45, 2.75) is 30.8 Å². The molecule has 1 fully saturated rings. The molecule has 0 spiro atoms. The Hall–Kier alpha value is -1.71. The van der Waals surface area contributed by atoms with Crippen LogP contribution in [0.15, 0.2) is 23.1 Å². The third kappa shape index (κ3) is 3.49. The molecule has 0 aromatic heterocycles. The van der Waals surface area contributed by atoms with Crippen LogP contribution in [0.3, 0.4) is 0 Å². The molecular formula is C12H18N4O4S. The summed E-state index contributed by atoms with van der Waals surface area (Å²) in [5, 5.41) is 19.6. The maximum atomic E-state index is 11.3. The van der Waals surface area contributed by atoms with Crippen LogP contribution in [0.5, 0.6) is 0 Å².